The van der Waals surface area contributed by atoms with Crippen LogP contribution in [0.3, 0.4) is 0 Å². The molecule has 1 aliphatic heterocycles. The molecule has 5 heteroatoms. The molecule has 1 atom stereocenters. The van der Waals surface area contributed by atoms with Crippen LogP contribution in [0.15, 0.2) is 42.9 Å². The number of nitrogens with zero attached hydrogens (tertiary/aromatic N) is 2. The molecule has 0 bridgehead atoms. The maximum atomic E-state index is 12.1. The van der Waals surface area contributed by atoms with E-state index in [0.717, 1.165) is 0 Å². The number of aromatic nitrogens is 2. The lowest BCUT2D eigenvalue weighted by Crippen LogP contribution is -2.44. The van der Waals surface area contributed by atoms with Gasteiger partial charge < -0.3 is 10.6 Å². The summed E-state index contributed by atoms with van der Waals surface area (Å²) in [5, 5.41) is 6.00. The molecule has 2 N–H and O–H groups in total. The van der Waals surface area contributed by atoms with Gasteiger partial charge in [0.2, 0.25) is 5.91 Å². The summed E-state index contributed by atoms with van der Waals surface area (Å²) >= 11 is 0. The zero-order valence-electron chi connectivity index (χ0n) is 10.3. The van der Waals surface area contributed by atoms with Crippen molar-refractivity contribution in [1.82, 2.24) is 15.3 Å². The SMILES string of the molecule is O=C(Nc1cnccn1)C1Cc2ccccc2CN1. The molecular weight excluding hydrogens is 240 g/mol. The molecule has 0 spiro atoms. The molecule has 2 aromatic rings. The number of hydrogen-bond acceptors (Lipinski definition) is 4. The summed E-state index contributed by atoms with van der Waals surface area (Å²) < 4.78 is 0. The van der Waals surface area contributed by atoms with Crippen molar-refractivity contribution in [3.8, 4) is 0 Å². The van der Waals surface area contributed by atoms with Gasteiger partial charge in [0, 0.05) is 18.9 Å². The van der Waals surface area contributed by atoms with Crippen LogP contribution in [0.5, 0.6) is 0 Å². The summed E-state index contributed by atoms with van der Waals surface area (Å²) in [6.45, 7) is 0.717. The highest BCUT2D eigenvalue weighted by Crippen LogP contribution is 2.16. The Morgan fingerprint density at radius 1 is 1.26 bits per heavy atom. The van der Waals surface area contributed by atoms with E-state index in [-0.39, 0.29) is 11.9 Å². The van der Waals surface area contributed by atoms with Gasteiger partial charge >= 0.3 is 0 Å². The molecule has 96 valence electrons. The zero-order valence-corrected chi connectivity index (χ0v) is 10.3. The van der Waals surface area contributed by atoms with Gasteiger partial charge in [-0.1, -0.05) is 24.3 Å². The first-order valence-electron chi connectivity index (χ1n) is 6.20. The molecule has 1 aliphatic rings. The van der Waals surface area contributed by atoms with Gasteiger partial charge in [0.25, 0.3) is 0 Å². The first-order chi connectivity index (χ1) is 9.33. The summed E-state index contributed by atoms with van der Waals surface area (Å²) in [4.78, 5) is 20.1. The first-order valence-corrected chi connectivity index (χ1v) is 6.20. The van der Waals surface area contributed by atoms with Crippen LogP contribution in [0.4, 0.5) is 5.82 Å². The number of carbonyl (C=O) groups excluding carboxylic acids is 1. The topological polar surface area (TPSA) is 66.9 Å². The Hall–Kier alpha value is -2.27. The van der Waals surface area contributed by atoms with E-state index in [4.69, 9.17) is 0 Å². The Labute approximate surface area is 111 Å². The van der Waals surface area contributed by atoms with Gasteiger partial charge in [-0.15, -0.1) is 0 Å². The largest absolute Gasteiger partial charge is 0.308 e. The third-order valence-electron chi connectivity index (χ3n) is 3.21. The number of hydrogen-bond donors (Lipinski definition) is 2. The van der Waals surface area contributed by atoms with Gasteiger partial charge in [0.05, 0.1) is 12.2 Å². The number of nitrogens with one attached hydrogen (secondary N) is 2. The van der Waals surface area contributed by atoms with E-state index in [0.29, 0.717) is 18.8 Å². The minimum absolute atomic E-state index is 0.0741. The van der Waals surface area contributed by atoms with Crippen molar-refractivity contribution in [2.45, 2.75) is 19.0 Å². The average molecular weight is 254 g/mol. The van der Waals surface area contributed by atoms with E-state index >= 15 is 0 Å². The van der Waals surface area contributed by atoms with Crippen LogP contribution in [0.2, 0.25) is 0 Å². The van der Waals surface area contributed by atoms with E-state index in [2.05, 4.69) is 32.7 Å². The highest BCUT2D eigenvalue weighted by Gasteiger charge is 2.23. The summed E-state index contributed by atoms with van der Waals surface area (Å²) in [6.07, 6.45) is 5.36. The number of amides is 1. The molecular formula is C14H14N4O. The molecule has 1 unspecified atom stereocenters. The van der Waals surface area contributed by atoms with Crippen molar-refractivity contribution in [1.29, 1.82) is 0 Å². The lowest BCUT2D eigenvalue weighted by Gasteiger charge is -2.25. The molecule has 0 saturated heterocycles. The van der Waals surface area contributed by atoms with Crippen molar-refractivity contribution in [2.75, 3.05) is 5.32 Å². The summed E-state index contributed by atoms with van der Waals surface area (Å²) in [6, 6.07) is 7.94. The lowest BCUT2D eigenvalue weighted by atomic mass is 9.95. The third kappa shape index (κ3) is 2.61. The van der Waals surface area contributed by atoms with Crippen LogP contribution in [-0.2, 0) is 17.8 Å². The molecule has 1 aromatic carbocycles. The van der Waals surface area contributed by atoms with E-state index < -0.39 is 0 Å². The van der Waals surface area contributed by atoms with E-state index in [1.54, 1.807) is 12.4 Å². The predicted molar refractivity (Wildman–Crippen MR) is 71.4 cm³/mol. The van der Waals surface area contributed by atoms with Crippen LogP contribution < -0.4 is 10.6 Å². The highest BCUT2D eigenvalue weighted by atomic mass is 16.2. The fraction of sp³-hybridized carbons (Fsp3) is 0.214. The summed E-state index contributed by atoms with van der Waals surface area (Å²) in [5.74, 6) is 0.406. The van der Waals surface area contributed by atoms with Crippen LogP contribution in [0, 0.1) is 0 Å². The van der Waals surface area contributed by atoms with Crippen molar-refractivity contribution < 1.29 is 4.79 Å². The number of anilines is 1. The molecule has 1 aromatic heterocycles. The third-order valence-corrected chi connectivity index (χ3v) is 3.21. The van der Waals surface area contributed by atoms with Crippen LogP contribution in [0.1, 0.15) is 11.1 Å². The number of carbonyl (C=O) groups is 1. The van der Waals surface area contributed by atoms with Crippen molar-refractivity contribution in [3.63, 3.8) is 0 Å². The molecule has 19 heavy (non-hydrogen) atoms. The Balaban J connectivity index is 1.70. The van der Waals surface area contributed by atoms with Gasteiger partial charge in [-0.05, 0) is 17.5 Å². The number of fused-ring (bicyclic) bond motifs is 1. The van der Waals surface area contributed by atoms with Gasteiger partial charge in [0.15, 0.2) is 5.82 Å². The Bertz CT molecular complexity index is 585. The molecule has 0 fully saturated rings. The molecule has 0 saturated carbocycles. The normalized spacial score (nSPS) is 17.6. The fourth-order valence-electron chi connectivity index (χ4n) is 2.22. The van der Waals surface area contributed by atoms with E-state index in [1.807, 2.05) is 12.1 Å². The Morgan fingerprint density at radius 2 is 2.11 bits per heavy atom. The van der Waals surface area contributed by atoms with Crippen LogP contribution >= 0.6 is 0 Å². The second-order valence-electron chi connectivity index (χ2n) is 4.49. The minimum Gasteiger partial charge on any atom is -0.308 e. The molecule has 1 amide bonds. The second-order valence-corrected chi connectivity index (χ2v) is 4.49. The van der Waals surface area contributed by atoms with Crippen molar-refractivity contribution in [3.05, 3.63) is 54.0 Å². The van der Waals surface area contributed by atoms with E-state index in [1.165, 1.54) is 17.3 Å². The molecule has 2 heterocycles. The Morgan fingerprint density at radius 3 is 2.89 bits per heavy atom. The summed E-state index contributed by atoms with van der Waals surface area (Å²) in [5.41, 5.74) is 2.48. The standard InChI is InChI=1S/C14H14N4O/c19-14(18-13-9-15-5-6-16-13)12-7-10-3-1-2-4-11(10)8-17-12/h1-6,9,12,17H,7-8H2,(H,16,18,19). The summed E-state index contributed by atoms with van der Waals surface area (Å²) in [7, 11) is 0. The molecule has 5 nitrogen and oxygen atoms in total. The lowest BCUT2D eigenvalue weighted by molar-refractivity contribution is -0.118. The smallest absolute Gasteiger partial charge is 0.243 e. The second kappa shape index (κ2) is 5.16. The van der Waals surface area contributed by atoms with Gasteiger partial charge in [-0.3, -0.25) is 9.78 Å². The fourth-order valence-corrected chi connectivity index (χ4v) is 2.22. The van der Waals surface area contributed by atoms with Crippen molar-refractivity contribution >= 4 is 11.7 Å². The minimum atomic E-state index is -0.225. The Kier molecular flexibility index (Phi) is 3.20. The number of rotatable bonds is 2. The number of benzene rings is 1. The average Bonchev–Trinajstić information content (AvgIpc) is 2.48. The monoisotopic (exact) mass is 254 g/mol. The molecule has 3 rings (SSSR count). The highest BCUT2D eigenvalue weighted by molar-refractivity contribution is 5.94. The van der Waals surface area contributed by atoms with Gasteiger partial charge in [-0.2, -0.15) is 0 Å². The van der Waals surface area contributed by atoms with Gasteiger partial charge in [0.1, 0.15) is 0 Å². The zero-order chi connectivity index (χ0) is 13.1. The van der Waals surface area contributed by atoms with E-state index in [9.17, 15) is 4.79 Å². The first kappa shape index (κ1) is 11.8. The maximum Gasteiger partial charge on any atom is 0.243 e. The van der Waals surface area contributed by atoms with Gasteiger partial charge in [-0.25, -0.2) is 4.98 Å². The quantitative estimate of drug-likeness (QED) is 0.843. The molecule has 0 aliphatic carbocycles. The van der Waals surface area contributed by atoms with Crippen molar-refractivity contribution in [2.24, 2.45) is 0 Å². The maximum absolute atomic E-state index is 12.1. The predicted octanol–water partition coefficient (Wildman–Crippen LogP) is 1.13. The molecule has 0 radical (unpaired) electrons. The van der Waals surface area contributed by atoms with Crippen LogP contribution in [-0.4, -0.2) is 21.9 Å². The van der Waals surface area contributed by atoms with Crippen LogP contribution in [0.25, 0.3) is 0 Å².